The predicted molar refractivity (Wildman–Crippen MR) is 73.0 cm³/mol. The van der Waals surface area contributed by atoms with E-state index in [1.807, 2.05) is 6.07 Å². The van der Waals surface area contributed by atoms with Gasteiger partial charge in [-0.15, -0.1) is 0 Å². The molecule has 0 saturated carbocycles. The van der Waals surface area contributed by atoms with Crippen molar-refractivity contribution in [1.82, 2.24) is 4.90 Å². The fourth-order valence-corrected chi connectivity index (χ4v) is 2.44. The average Bonchev–Trinajstić information content (AvgIpc) is 2.67. The van der Waals surface area contributed by atoms with E-state index in [9.17, 15) is 14.4 Å². The summed E-state index contributed by atoms with van der Waals surface area (Å²) in [5.74, 6) is -1.28. The number of benzene rings is 1. The smallest absolute Gasteiger partial charge is 0.294 e. The molecule has 0 bridgehead atoms. The first-order chi connectivity index (χ1) is 9.51. The van der Waals surface area contributed by atoms with Gasteiger partial charge in [-0.25, -0.2) is 0 Å². The van der Waals surface area contributed by atoms with Crippen LogP contribution in [0.5, 0.6) is 0 Å². The van der Waals surface area contributed by atoms with Crippen LogP contribution < -0.4 is 5.73 Å². The maximum Gasteiger partial charge on any atom is 0.294 e. The van der Waals surface area contributed by atoms with E-state index in [1.165, 1.54) is 6.08 Å². The molecule has 0 unspecified atom stereocenters. The second-order valence-corrected chi connectivity index (χ2v) is 4.96. The molecule has 0 aromatic heterocycles. The minimum absolute atomic E-state index is 0.223. The van der Waals surface area contributed by atoms with Gasteiger partial charge in [0.15, 0.2) is 0 Å². The van der Waals surface area contributed by atoms with Crippen molar-refractivity contribution in [2.24, 2.45) is 5.73 Å². The molecule has 1 heterocycles. The number of carbonyl (C=O) groups is 3. The summed E-state index contributed by atoms with van der Waals surface area (Å²) in [5.41, 5.74) is 6.17. The fourth-order valence-electron chi connectivity index (χ4n) is 1.60. The molecule has 7 heteroatoms. The van der Waals surface area contributed by atoms with Crippen LogP contribution in [0.3, 0.4) is 0 Å². The van der Waals surface area contributed by atoms with Crippen molar-refractivity contribution in [3.05, 3.63) is 40.3 Å². The number of primary amides is 1. The van der Waals surface area contributed by atoms with Gasteiger partial charge in [0, 0.05) is 0 Å². The number of nitrogens with two attached hydrogens (primary N) is 1. The van der Waals surface area contributed by atoms with Gasteiger partial charge in [0.2, 0.25) is 5.91 Å². The highest BCUT2D eigenvalue weighted by molar-refractivity contribution is 8.18. The van der Waals surface area contributed by atoms with Gasteiger partial charge in [0.05, 0.1) is 16.5 Å². The Hall–Kier alpha value is -2.59. The molecule has 1 aromatic carbocycles. The minimum Gasteiger partial charge on any atom is -0.368 e. The SMILES string of the molecule is N#Cc1ccc(/C=C2\SC(=O)N(CC(N)=O)C2=O)cc1. The highest BCUT2D eigenvalue weighted by Gasteiger charge is 2.35. The van der Waals surface area contributed by atoms with Gasteiger partial charge in [-0.1, -0.05) is 12.1 Å². The predicted octanol–water partition coefficient (Wildman–Crippen LogP) is 1.08. The van der Waals surface area contributed by atoms with Gasteiger partial charge >= 0.3 is 0 Å². The maximum atomic E-state index is 11.9. The summed E-state index contributed by atoms with van der Waals surface area (Å²) in [5, 5.41) is 8.17. The quantitative estimate of drug-likeness (QED) is 0.837. The Kier molecular flexibility index (Phi) is 3.86. The number of rotatable bonds is 3. The van der Waals surface area contributed by atoms with E-state index in [0.717, 1.165) is 16.7 Å². The number of hydrogen-bond donors (Lipinski definition) is 1. The molecule has 3 amide bonds. The van der Waals surface area contributed by atoms with Crippen molar-refractivity contribution in [2.75, 3.05) is 6.54 Å². The standard InChI is InChI=1S/C13H9N3O3S/c14-6-9-3-1-8(2-4-9)5-10-12(18)16(7-11(15)17)13(19)20-10/h1-5H,7H2,(H2,15,17)/b10-5-. The molecule has 1 aromatic rings. The molecule has 2 N–H and O–H groups in total. The zero-order valence-corrected chi connectivity index (χ0v) is 11.0. The van der Waals surface area contributed by atoms with Crippen LogP contribution in [0.4, 0.5) is 4.79 Å². The van der Waals surface area contributed by atoms with Crippen molar-refractivity contribution in [1.29, 1.82) is 5.26 Å². The van der Waals surface area contributed by atoms with Crippen LogP contribution in [-0.2, 0) is 9.59 Å². The summed E-state index contributed by atoms with van der Waals surface area (Å²) < 4.78 is 0. The molecular weight excluding hydrogens is 278 g/mol. The lowest BCUT2D eigenvalue weighted by Gasteiger charge is -2.08. The molecule has 1 aliphatic rings. The van der Waals surface area contributed by atoms with Gasteiger partial charge in [-0.2, -0.15) is 5.26 Å². The normalized spacial score (nSPS) is 16.6. The van der Waals surface area contributed by atoms with Crippen LogP contribution in [0, 0.1) is 11.3 Å². The molecular formula is C13H9N3O3S. The fraction of sp³-hybridized carbons (Fsp3) is 0.0769. The van der Waals surface area contributed by atoms with E-state index >= 15 is 0 Å². The topological polar surface area (TPSA) is 104 Å². The van der Waals surface area contributed by atoms with Crippen LogP contribution in [0.2, 0.25) is 0 Å². The first kappa shape index (κ1) is 13.8. The van der Waals surface area contributed by atoms with E-state index in [2.05, 4.69) is 0 Å². The Labute approximate surface area is 118 Å². The maximum absolute atomic E-state index is 11.9. The van der Waals surface area contributed by atoms with Crippen LogP contribution >= 0.6 is 11.8 Å². The molecule has 0 aliphatic carbocycles. The molecule has 1 saturated heterocycles. The van der Waals surface area contributed by atoms with Gasteiger partial charge in [-0.05, 0) is 35.5 Å². The first-order valence-electron chi connectivity index (χ1n) is 5.55. The van der Waals surface area contributed by atoms with Gasteiger partial charge in [-0.3, -0.25) is 19.3 Å². The second kappa shape index (κ2) is 5.59. The Bertz CT molecular complexity index is 658. The molecule has 20 heavy (non-hydrogen) atoms. The molecule has 0 radical (unpaired) electrons. The molecule has 1 fully saturated rings. The van der Waals surface area contributed by atoms with Crippen LogP contribution in [0.1, 0.15) is 11.1 Å². The summed E-state index contributed by atoms with van der Waals surface area (Å²) in [6.45, 7) is -0.421. The van der Waals surface area contributed by atoms with Gasteiger partial charge in [0.1, 0.15) is 6.54 Å². The summed E-state index contributed by atoms with van der Waals surface area (Å²) >= 11 is 0.754. The Morgan fingerprint density at radius 1 is 1.35 bits per heavy atom. The van der Waals surface area contributed by atoms with E-state index in [4.69, 9.17) is 11.0 Å². The Morgan fingerprint density at radius 3 is 2.55 bits per heavy atom. The monoisotopic (exact) mass is 287 g/mol. The van der Waals surface area contributed by atoms with Gasteiger partial charge < -0.3 is 5.73 Å². The zero-order valence-electron chi connectivity index (χ0n) is 10.2. The number of nitrogens with zero attached hydrogens (tertiary/aromatic N) is 2. The van der Waals surface area contributed by atoms with Crippen molar-refractivity contribution in [3.8, 4) is 6.07 Å². The molecule has 2 rings (SSSR count). The number of amides is 3. The number of imide groups is 1. The molecule has 100 valence electrons. The van der Waals surface area contributed by atoms with Crippen LogP contribution in [-0.4, -0.2) is 28.5 Å². The van der Waals surface area contributed by atoms with E-state index in [-0.39, 0.29) is 4.91 Å². The summed E-state index contributed by atoms with van der Waals surface area (Å²) in [6.07, 6.45) is 1.53. The van der Waals surface area contributed by atoms with E-state index in [1.54, 1.807) is 24.3 Å². The Morgan fingerprint density at radius 2 is 2.00 bits per heavy atom. The number of nitriles is 1. The second-order valence-electron chi connectivity index (χ2n) is 3.97. The third-order valence-electron chi connectivity index (χ3n) is 2.53. The lowest BCUT2D eigenvalue weighted by Crippen LogP contribution is -2.36. The largest absolute Gasteiger partial charge is 0.368 e. The molecule has 0 atom stereocenters. The zero-order chi connectivity index (χ0) is 14.7. The van der Waals surface area contributed by atoms with E-state index in [0.29, 0.717) is 11.1 Å². The number of carbonyl (C=O) groups excluding carboxylic acids is 3. The average molecular weight is 287 g/mol. The van der Waals surface area contributed by atoms with Crippen molar-refractivity contribution in [3.63, 3.8) is 0 Å². The lowest BCUT2D eigenvalue weighted by molar-refractivity contribution is -0.127. The summed E-state index contributed by atoms with van der Waals surface area (Å²) in [6, 6.07) is 8.54. The first-order valence-corrected chi connectivity index (χ1v) is 6.37. The van der Waals surface area contributed by atoms with Crippen molar-refractivity contribution < 1.29 is 14.4 Å². The van der Waals surface area contributed by atoms with Crippen molar-refractivity contribution in [2.45, 2.75) is 0 Å². The van der Waals surface area contributed by atoms with Crippen LogP contribution in [0.25, 0.3) is 6.08 Å². The molecule has 6 nitrogen and oxygen atoms in total. The summed E-state index contributed by atoms with van der Waals surface area (Å²) in [7, 11) is 0. The van der Waals surface area contributed by atoms with Crippen LogP contribution in [0.15, 0.2) is 29.2 Å². The summed E-state index contributed by atoms with van der Waals surface area (Å²) in [4.78, 5) is 35.4. The Balaban J connectivity index is 2.23. The third-order valence-corrected chi connectivity index (χ3v) is 3.43. The third kappa shape index (κ3) is 2.87. The lowest BCUT2D eigenvalue weighted by atomic mass is 10.1. The molecule has 0 spiro atoms. The highest BCUT2D eigenvalue weighted by Crippen LogP contribution is 2.31. The molecule has 1 aliphatic heterocycles. The number of thioether (sulfide) groups is 1. The minimum atomic E-state index is -0.744. The van der Waals surface area contributed by atoms with Gasteiger partial charge in [0.25, 0.3) is 11.1 Å². The highest BCUT2D eigenvalue weighted by atomic mass is 32.2. The van der Waals surface area contributed by atoms with Crippen molar-refractivity contribution >= 4 is 34.9 Å². The van der Waals surface area contributed by atoms with E-state index < -0.39 is 23.6 Å². The number of hydrogen-bond acceptors (Lipinski definition) is 5.